The molecule has 0 saturated carbocycles. The van der Waals surface area contributed by atoms with Crippen molar-refractivity contribution in [1.29, 1.82) is 0 Å². The molecule has 6 N–H and O–H groups in total. The Hall–Kier alpha value is -4.38. The summed E-state index contributed by atoms with van der Waals surface area (Å²) in [7, 11) is 3.31. The number of aliphatic hydroxyl groups is 1. The van der Waals surface area contributed by atoms with Crippen LogP contribution in [0.3, 0.4) is 0 Å². The maximum Gasteiger partial charge on any atom is 0.188 e. The van der Waals surface area contributed by atoms with Crippen molar-refractivity contribution in [1.82, 2.24) is 10.6 Å². The van der Waals surface area contributed by atoms with Crippen molar-refractivity contribution >= 4 is 11.7 Å². The quantitative estimate of drug-likeness (QED) is 0.125. The monoisotopic (exact) mass is 656 g/mol. The zero-order chi connectivity index (χ0) is 34.2. The van der Waals surface area contributed by atoms with E-state index in [2.05, 4.69) is 59.2 Å². The van der Waals surface area contributed by atoms with Gasteiger partial charge in [0.2, 0.25) is 0 Å². The number of aliphatic hydroxyl groups excluding tert-OH is 1. The van der Waals surface area contributed by atoms with Gasteiger partial charge >= 0.3 is 0 Å². The number of guanidine groups is 1. The number of Topliss-reactive ketones (excluding diaryl/α,β-unsaturated/α-hetero) is 1. The molecule has 0 unspecified atom stereocenters. The van der Waals surface area contributed by atoms with Crippen LogP contribution in [0, 0.1) is 47.4 Å². The van der Waals surface area contributed by atoms with Crippen LogP contribution in [0.5, 0.6) is 23.0 Å². The standard InChI is InChI=1S/C38H48N4O6/c1-23(2)19-41-38(39)42-20-27-9-5-7-25-15-28-16-26(35(48-22-40-3)37-32(28)17-29(27)21-47-37)8-6-10-31-24(11-13-30(43)18-34(25)45)12-14-33(44)36(31)46-4/h12,14,16,23,25,27,29,34,40,44-45H,8-9,11,13,15,17-22H2,1-4H3,(H3,39,41,42)/t25-,27+,29-,34+/m1/s1. The van der Waals surface area contributed by atoms with Crippen molar-refractivity contribution in [3.8, 4) is 46.7 Å². The van der Waals surface area contributed by atoms with Crippen LogP contribution in [0.1, 0.15) is 60.9 Å². The van der Waals surface area contributed by atoms with Gasteiger partial charge in [0, 0.05) is 55.8 Å². The largest absolute Gasteiger partial charge is 0.504 e. The number of ketones is 1. The predicted molar refractivity (Wildman–Crippen MR) is 185 cm³/mol. The molecule has 4 atom stereocenters. The number of rotatable bonds is 8. The fourth-order valence-electron chi connectivity index (χ4n) is 6.56. The molecule has 5 rings (SSSR count). The molecule has 0 spiro atoms. The number of carbonyl (C=O) groups is 1. The first-order valence-electron chi connectivity index (χ1n) is 16.9. The van der Waals surface area contributed by atoms with Gasteiger partial charge in [-0.05, 0) is 55.3 Å². The number of methoxy groups -OCH3 is 1. The third-order valence-electron chi connectivity index (χ3n) is 9.20. The molecule has 3 aliphatic rings. The summed E-state index contributed by atoms with van der Waals surface area (Å²) >= 11 is 0. The Labute approximate surface area is 283 Å². The lowest BCUT2D eigenvalue weighted by atomic mass is 9.78. The molecule has 10 heteroatoms. The second kappa shape index (κ2) is 16.1. The minimum absolute atomic E-state index is 0.0129. The number of aromatic hydroxyl groups is 1. The first-order valence-corrected chi connectivity index (χ1v) is 16.9. The number of nitrogens with zero attached hydrogens (tertiary/aromatic N) is 1. The molecule has 5 bridgehead atoms. The number of hydrogen-bond acceptors (Lipinski definition) is 8. The molecular formula is C38H48N4O6. The molecule has 48 heavy (non-hydrogen) atoms. The molecule has 2 aromatic rings. The lowest BCUT2D eigenvalue weighted by molar-refractivity contribution is -0.121. The number of phenols is 1. The van der Waals surface area contributed by atoms with Crippen LogP contribution in [-0.2, 0) is 30.5 Å². The highest BCUT2D eigenvalue weighted by atomic mass is 16.5. The van der Waals surface area contributed by atoms with Crippen LogP contribution >= 0.6 is 0 Å². The Bertz CT molecular complexity index is 1650. The number of carbonyl (C=O) groups excluding carboxylic acids is 1. The summed E-state index contributed by atoms with van der Waals surface area (Å²) in [6.07, 6.45) is 1.78. The molecule has 0 saturated heterocycles. The van der Waals surface area contributed by atoms with E-state index in [9.17, 15) is 15.0 Å². The third kappa shape index (κ3) is 8.36. The normalized spacial score (nSPS) is 22.2. The number of hydrogen-bond donors (Lipinski definition) is 5. The zero-order valence-electron chi connectivity index (χ0n) is 28.4. The summed E-state index contributed by atoms with van der Waals surface area (Å²) < 4.78 is 18.4. The molecule has 0 radical (unpaired) electrons. The van der Waals surface area contributed by atoms with Crippen LogP contribution in [0.4, 0.5) is 0 Å². The van der Waals surface area contributed by atoms with Gasteiger partial charge in [-0.25, -0.2) is 0 Å². The summed E-state index contributed by atoms with van der Waals surface area (Å²) in [6.45, 7) is 6.20. The van der Waals surface area contributed by atoms with E-state index < -0.39 is 12.0 Å². The Morgan fingerprint density at radius 2 is 1.98 bits per heavy atom. The van der Waals surface area contributed by atoms with E-state index in [1.165, 1.54) is 7.11 Å². The van der Waals surface area contributed by atoms with Gasteiger partial charge in [-0.3, -0.25) is 15.1 Å². The van der Waals surface area contributed by atoms with E-state index in [4.69, 9.17) is 19.9 Å². The smallest absolute Gasteiger partial charge is 0.188 e. The van der Waals surface area contributed by atoms with Crippen molar-refractivity contribution in [2.24, 2.45) is 34.4 Å². The number of benzene rings is 2. The van der Waals surface area contributed by atoms with Crippen molar-refractivity contribution < 1.29 is 29.2 Å². The number of ether oxygens (including phenoxy) is 3. The molecule has 0 aromatic heterocycles. The first-order chi connectivity index (χ1) is 23.2. The van der Waals surface area contributed by atoms with Crippen LogP contribution in [0.25, 0.3) is 0 Å². The second-order valence-electron chi connectivity index (χ2n) is 13.3. The molecule has 0 amide bonds. The summed E-state index contributed by atoms with van der Waals surface area (Å²) in [6, 6.07) is 5.42. The zero-order valence-corrected chi connectivity index (χ0v) is 28.4. The Kier molecular flexibility index (Phi) is 11.8. The molecule has 1 heterocycles. The summed E-state index contributed by atoms with van der Waals surface area (Å²) in [4.78, 5) is 17.7. The minimum atomic E-state index is -0.949. The van der Waals surface area contributed by atoms with Crippen LogP contribution in [0.15, 0.2) is 23.2 Å². The van der Waals surface area contributed by atoms with E-state index in [1.807, 2.05) is 7.05 Å². The van der Waals surface area contributed by atoms with E-state index >= 15 is 0 Å². The molecule has 0 fully saturated rings. The van der Waals surface area contributed by atoms with Gasteiger partial charge < -0.3 is 35.5 Å². The van der Waals surface area contributed by atoms with Gasteiger partial charge in [0.15, 0.2) is 29.0 Å². The number of aryl methyl sites for hydroxylation is 1. The fraction of sp³-hybridized carbons (Fsp3) is 0.526. The Morgan fingerprint density at radius 3 is 2.75 bits per heavy atom. The number of nitrogens with one attached hydrogen (secondary N) is 2. The van der Waals surface area contributed by atoms with E-state index in [1.54, 1.807) is 12.1 Å². The maximum atomic E-state index is 13.2. The van der Waals surface area contributed by atoms with Gasteiger partial charge in [0.25, 0.3) is 0 Å². The maximum absolute atomic E-state index is 13.2. The average molecular weight is 657 g/mol. The van der Waals surface area contributed by atoms with Crippen LogP contribution < -0.4 is 30.6 Å². The Balaban J connectivity index is 1.59. The highest BCUT2D eigenvalue weighted by Crippen LogP contribution is 2.44. The molecule has 1 aliphatic heterocycles. The Morgan fingerprint density at radius 1 is 1.15 bits per heavy atom. The van der Waals surface area contributed by atoms with Crippen molar-refractivity contribution in [3.05, 3.63) is 46.0 Å². The van der Waals surface area contributed by atoms with Crippen LogP contribution in [0.2, 0.25) is 0 Å². The molecule has 256 valence electrons. The van der Waals surface area contributed by atoms with E-state index in [0.717, 1.165) is 28.7 Å². The first kappa shape index (κ1) is 34.9. The lowest BCUT2D eigenvalue weighted by Crippen LogP contribution is -2.40. The summed E-state index contributed by atoms with van der Waals surface area (Å²) in [5.41, 5.74) is 10.4. The number of phenolic OH excluding ortho intramolecular Hbond substituents is 1. The lowest BCUT2D eigenvalue weighted by Gasteiger charge is -2.35. The number of aliphatic imine (C=N–C) groups is 1. The predicted octanol–water partition coefficient (Wildman–Crippen LogP) is 3.11. The number of fused-ring (bicyclic) bond motifs is 4. The van der Waals surface area contributed by atoms with Crippen molar-refractivity contribution in [2.45, 2.75) is 64.9 Å². The average Bonchev–Trinajstić information content (AvgIpc) is 3.07. The topological polar surface area (TPSA) is 148 Å². The van der Waals surface area contributed by atoms with Crippen molar-refractivity contribution in [2.75, 3.05) is 40.6 Å². The van der Waals surface area contributed by atoms with Gasteiger partial charge in [0.1, 0.15) is 12.5 Å². The molecule has 2 aromatic carbocycles. The van der Waals surface area contributed by atoms with Gasteiger partial charge in [0.05, 0.1) is 31.3 Å². The van der Waals surface area contributed by atoms with Crippen LogP contribution in [-0.4, -0.2) is 68.6 Å². The highest BCUT2D eigenvalue weighted by Gasteiger charge is 2.34. The number of nitrogens with two attached hydrogens (primary N) is 1. The van der Waals surface area contributed by atoms with Gasteiger partial charge in [-0.1, -0.05) is 43.7 Å². The second-order valence-corrected chi connectivity index (χ2v) is 13.3. The van der Waals surface area contributed by atoms with Crippen molar-refractivity contribution in [3.63, 3.8) is 0 Å². The van der Waals surface area contributed by atoms with Gasteiger partial charge in [-0.2, -0.15) is 0 Å². The summed E-state index contributed by atoms with van der Waals surface area (Å²) in [5.74, 6) is 15.4. The molecule has 2 aliphatic carbocycles. The summed E-state index contributed by atoms with van der Waals surface area (Å²) in [5, 5.41) is 28.4. The highest BCUT2D eigenvalue weighted by molar-refractivity contribution is 5.79. The fourth-order valence-corrected chi connectivity index (χ4v) is 6.56. The van der Waals surface area contributed by atoms with E-state index in [0.29, 0.717) is 74.3 Å². The molecular weight excluding hydrogens is 608 g/mol. The van der Waals surface area contributed by atoms with Gasteiger partial charge in [-0.15, -0.1) is 5.92 Å². The molecule has 10 nitrogen and oxygen atoms in total. The minimum Gasteiger partial charge on any atom is -0.504 e. The third-order valence-corrected chi connectivity index (χ3v) is 9.20. The SMILES string of the molecule is CNCOc1c2cc3c4c1OC[C@@H](C4)[C@H](CNC(N)=NCC(C)C)CC#C[C@H](C3)[C@@H](O)CC(=O)CCc1ccc(O)c(OC)c1C#CC2. The van der Waals surface area contributed by atoms with E-state index in [-0.39, 0.29) is 48.7 Å².